The van der Waals surface area contributed by atoms with Gasteiger partial charge in [0.25, 0.3) is 5.91 Å². The zero-order chi connectivity index (χ0) is 26.0. The predicted molar refractivity (Wildman–Crippen MR) is 139 cm³/mol. The number of aryl methyl sites for hydroxylation is 1. The smallest absolute Gasteiger partial charge is 0.324 e. The Labute approximate surface area is 214 Å². The van der Waals surface area contributed by atoms with E-state index in [4.69, 9.17) is 9.47 Å². The number of hydrogen-bond donors (Lipinski definition) is 2. The van der Waals surface area contributed by atoms with Gasteiger partial charge in [-0.2, -0.15) is 9.97 Å². The van der Waals surface area contributed by atoms with Gasteiger partial charge in [-0.05, 0) is 29.0 Å². The zero-order valence-electron chi connectivity index (χ0n) is 21.3. The SMILES string of the molecule is COc1nc(N2CCNC2=O)nc(OC)c1NC(=O)c1csc(Cc2cc(C(C)(C)C)ccc2C)n1. The van der Waals surface area contributed by atoms with Gasteiger partial charge >= 0.3 is 6.03 Å². The molecule has 3 heterocycles. The van der Waals surface area contributed by atoms with Crippen LogP contribution in [-0.2, 0) is 11.8 Å². The second kappa shape index (κ2) is 10.1. The normalized spacial score (nSPS) is 13.5. The standard InChI is InChI=1S/C25H30N6O4S/c1-14-7-8-16(25(2,3)4)11-15(14)12-18-27-17(13-36-18)20(32)28-19-21(34-5)29-23(30-22(19)35-6)31-10-9-26-24(31)33/h7-8,11,13H,9-10,12H2,1-6H3,(H,26,33)(H,28,32). The largest absolute Gasteiger partial charge is 0.479 e. The Morgan fingerprint density at radius 1 is 1.17 bits per heavy atom. The van der Waals surface area contributed by atoms with E-state index in [1.165, 1.54) is 47.1 Å². The van der Waals surface area contributed by atoms with Crippen LogP contribution in [0.25, 0.3) is 0 Å². The number of methoxy groups -OCH3 is 2. The lowest BCUT2D eigenvalue weighted by Crippen LogP contribution is -2.29. The number of hydrogen-bond acceptors (Lipinski definition) is 8. The van der Waals surface area contributed by atoms with E-state index in [-0.39, 0.29) is 40.5 Å². The van der Waals surface area contributed by atoms with E-state index in [0.29, 0.717) is 19.5 Å². The molecule has 11 heteroatoms. The van der Waals surface area contributed by atoms with Crippen molar-refractivity contribution < 1.29 is 19.1 Å². The average molecular weight is 511 g/mol. The first-order valence-corrected chi connectivity index (χ1v) is 12.4. The lowest BCUT2D eigenvalue weighted by molar-refractivity contribution is 0.102. The highest BCUT2D eigenvalue weighted by molar-refractivity contribution is 7.09. The van der Waals surface area contributed by atoms with E-state index in [0.717, 1.165) is 5.01 Å². The number of carbonyl (C=O) groups is 2. The molecule has 0 atom stereocenters. The molecule has 3 aromatic rings. The minimum absolute atomic E-state index is 0.0463. The molecule has 36 heavy (non-hydrogen) atoms. The summed E-state index contributed by atoms with van der Waals surface area (Å²) in [6.07, 6.45) is 0.635. The van der Waals surface area contributed by atoms with Crippen LogP contribution in [0.2, 0.25) is 0 Å². The molecule has 0 aliphatic carbocycles. The third-order valence-corrected chi connectivity index (χ3v) is 6.74. The Bertz CT molecular complexity index is 1270. The van der Waals surface area contributed by atoms with Crippen LogP contribution in [0.15, 0.2) is 23.6 Å². The first-order valence-electron chi connectivity index (χ1n) is 11.5. The molecule has 0 spiro atoms. The van der Waals surface area contributed by atoms with Gasteiger partial charge in [0.1, 0.15) is 5.69 Å². The fourth-order valence-corrected chi connectivity index (χ4v) is 4.56. The van der Waals surface area contributed by atoms with E-state index < -0.39 is 5.91 Å². The van der Waals surface area contributed by atoms with E-state index >= 15 is 0 Å². The minimum Gasteiger partial charge on any atom is -0.479 e. The molecule has 1 saturated heterocycles. The van der Waals surface area contributed by atoms with Crippen molar-refractivity contribution in [1.29, 1.82) is 0 Å². The van der Waals surface area contributed by atoms with Crippen molar-refractivity contribution >= 4 is 34.9 Å². The van der Waals surface area contributed by atoms with Crippen LogP contribution >= 0.6 is 11.3 Å². The molecule has 4 rings (SSSR count). The van der Waals surface area contributed by atoms with Gasteiger partial charge in [0.05, 0.1) is 19.2 Å². The molecule has 2 aromatic heterocycles. The van der Waals surface area contributed by atoms with Gasteiger partial charge in [0, 0.05) is 24.9 Å². The Hall–Kier alpha value is -3.73. The Morgan fingerprint density at radius 3 is 2.44 bits per heavy atom. The van der Waals surface area contributed by atoms with Crippen LogP contribution in [0, 0.1) is 6.92 Å². The van der Waals surface area contributed by atoms with Crippen molar-refractivity contribution in [2.24, 2.45) is 0 Å². The number of aromatic nitrogens is 3. The van der Waals surface area contributed by atoms with Gasteiger partial charge in [-0.15, -0.1) is 11.3 Å². The van der Waals surface area contributed by atoms with Crippen LogP contribution in [0.3, 0.4) is 0 Å². The zero-order valence-corrected chi connectivity index (χ0v) is 22.1. The lowest BCUT2D eigenvalue weighted by Gasteiger charge is -2.20. The Balaban J connectivity index is 1.55. The monoisotopic (exact) mass is 510 g/mol. The van der Waals surface area contributed by atoms with Crippen molar-refractivity contribution in [2.45, 2.75) is 39.5 Å². The molecule has 10 nitrogen and oxygen atoms in total. The Morgan fingerprint density at radius 2 is 1.86 bits per heavy atom. The summed E-state index contributed by atoms with van der Waals surface area (Å²) in [7, 11) is 2.83. The van der Waals surface area contributed by atoms with E-state index in [1.807, 2.05) is 0 Å². The molecule has 1 aromatic carbocycles. The maximum absolute atomic E-state index is 13.1. The van der Waals surface area contributed by atoms with Crippen LogP contribution in [-0.4, -0.2) is 54.2 Å². The number of benzene rings is 1. The molecule has 0 unspecified atom stereocenters. The number of nitrogens with zero attached hydrogens (tertiary/aromatic N) is 4. The molecule has 3 amide bonds. The summed E-state index contributed by atoms with van der Waals surface area (Å²) in [6, 6.07) is 6.19. The summed E-state index contributed by atoms with van der Waals surface area (Å²) in [5.41, 5.74) is 4.10. The molecule has 190 valence electrons. The average Bonchev–Trinajstić information content (AvgIpc) is 3.48. The van der Waals surface area contributed by atoms with Crippen molar-refractivity contribution in [3.63, 3.8) is 0 Å². The van der Waals surface area contributed by atoms with E-state index in [1.54, 1.807) is 5.38 Å². The number of ether oxygens (including phenoxy) is 2. The van der Waals surface area contributed by atoms with Gasteiger partial charge in [0.2, 0.25) is 17.7 Å². The second-order valence-electron chi connectivity index (χ2n) is 9.45. The molecule has 2 N–H and O–H groups in total. The van der Waals surface area contributed by atoms with Gasteiger partial charge in [-0.25, -0.2) is 9.78 Å². The molecular formula is C25H30N6O4S. The van der Waals surface area contributed by atoms with Gasteiger partial charge in [-0.1, -0.05) is 39.0 Å². The maximum atomic E-state index is 13.1. The Kier molecular flexibility index (Phi) is 7.11. The highest BCUT2D eigenvalue weighted by Crippen LogP contribution is 2.34. The number of rotatable bonds is 7. The number of urea groups is 1. The van der Waals surface area contributed by atoms with Crippen LogP contribution in [0.4, 0.5) is 16.4 Å². The summed E-state index contributed by atoms with van der Waals surface area (Å²) >= 11 is 1.43. The molecular weight excluding hydrogens is 480 g/mol. The predicted octanol–water partition coefficient (Wildman–Crippen LogP) is 3.93. The molecule has 0 saturated carbocycles. The van der Waals surface area contributed by atoms with Crippen LogP contribution in [0.1, 0.15) is 53.0 Å². The summed E-state index contributed by atoms with van der Waals surface area (Å²) < 4.78 is 10.7. The van der Waals surface area contributed by atoms with Crippen LogP contribution < -0.4 is 25.0 Å². The van der Waals surface area contributed by atoms with Gasteiger partial charge in [0.15, 0.2) is 5.69 Å². The number of thiazole rings is 1. The summed E-state index contributed by atoms with van der Waals surface area (Å²) in [4.78, 5) is 39.6. The van der Waals surface area contributed by atoms with Gasteiger partial charge in [-0.3, -0.25) is 9.69 Å². The summed E-state index contributed by atoms with van der Waals surface area (Å²) in [5, 5.41) is 8.00. The highest BCUT2D eigenvalue weighted by atomic mass is 32.1. The first-order chi connectivity index (χ1) is 17.1. The van der Waals surface area contributed by atoms with Gasteiger partial charge < -0.3 is 20.1 Å². The quantitative estimate of drug-likeness (QED) is 0.494. The fourth-order valence-electron chi connectivity index (χ4n) is 3.76. The molecule has 1 aliphatic rings. The topological polar surface area (TPSA) is 119 Å². The van der Waals surface area contributed by atoms with Crippen molar-refractivity contribution in [3.05, 3.63) is 51.0 Å². The van der Waals surface area contributed by atoms with E-state index in [2.05, 4.69) is 71.5 Å². The molecule has 0 bridgehead atoms. The third-order valence-electron chi connectivity index (χ3n) is 5.90. The second-order valence-corrected chi connectivity index (χ2v) is 10.4. The van der Waals surface area contributed by atoms with E-state index in [9.17, 15) is 9.59 Å². The number of carbonyl (C=O) groups excluding carboxylic acids is 2. The number of nitrogens with one attached hydrogen (secondary N) is 2. The molecule has 1 fully saturated rings. The van der Waals surface area contributed by atoms with Crippen molar-refractivity contribution in [1.82, 2.24) is 20.3 Å². The minimum atomic E-state index is -0.440. The lowest BCUT2D eigenvalue weighted by atomic mass is 9.85. The third kappa shape index (κ3) is 5.25. The summed E-state index contributed by atoms with van der Waals surface area (Å²) in [6.45, 7) is 9.54. The van der Waals surface area contributed by atoms with Crippen molar-refractivity contribution in [3.8, 4) is 11.8 Å². The maximum Gasteiger partial charge on any atom is 0.324 e. The molecule has 0 radical (unpaired) electrons. The fraction of sp³-hybridized carbons (Fsp3) is 0.400. The number of amides is 3. The first kappa shape index (κ1) is 25.4. The highest BCUT2D eigenvalue weighted by Gasteiger charge is 2.28. The van der Waals surface area contributed by atoms with Crippen molar-refractivity contribution in [2.75, 3.05) is 37.5 Å². The summed E-state index contributed by atoms with van der Waals surface area (Å²) in [5.74, 6) is -0.157. The number of anilines is 2. The molecule has 1 aliphatic heterocycles. The van der Waals surface area contributed by atoms with Crippen LogP contribution in [0.5, 0.6) is 11.8 Å².